The van der Waals surface area contributed by atoms with E-state index in [1.165, 1.54) is 15.9 Å². The molecular formula is C24H26BrO2P. The second kappa shape index (κ2) is 8.47. The van der Waals surface area contributed by atoms with Crippen LogP contribution in [0.25, 0.3) is 0 Å². The molecule has 0 aliphatic carbocycles. The Morgan fingerprint density at radius 3 is 1.46 bits per heavy atom. The maximum atomic E-state index is 5.90. The normalized spacial score (nSPS) is 17.0. The zero-order valence-corrected chi connectivity index (χ0v) is 18.4. The first kappa shape index (κ1) is 19.8. The molecule has 3 aromatic carbocycles. The van der Waals surface area contributed by atoms with E-state index in [1.807, 2.05) is 0 Å². The SMILES string of the molecule is BrP(CCC1OCCCO1)(c1ccccc1)(c1ccccc1)c1ccccc1. The molecule has 146 valence electrons. The molecule has 1 saturated heterocycles. The van der Waals surface area contributed by atoms with Gasteiger partial charge in [-0.3, -0.25) is 0 Å². The summed E-state index contributed by atoms with van der Waals surface area (Å²) in [5, 5.41) is 1.14. The van der Waals surface area contributed by atoms with E-state index in [1.54, 1.807) is 0 Å². The van der Waals surface area contributed by atoms with Crippen molar-refractivity contribution in [3.63, 3.8) is 0 Å². The summed E-state index contributed by atoms with van der Waals surface area (Å²) in [6, 6.07) is 32.6. The van der Waals surface area contributed by atoms with Gasteiger partial charge in [-0.2, -0.15) is 0 Å². The molecule has 3 aromatic rings. The molecule has 1 aliphatic heterocycles. The van der Waals surface area contributed by atoms with Crippen molar-refractivity contribution in [2.24, 2.45) is 0 Å². The molecule has 0 unspecified atom stereocenters. The number of hydrogen-bond donors (Lipinski definition) is 0. The summed E-state index contributed by atoms with van der Waals surface area (Å²) in [4.78, 5) is 0. The standard InChI is InChI=1S/C24H26BrO2P/c25-28(21-11-4-1-5-12-21,22-13-6-2-7-14-22,23-15-8-3-9-16-23)20-17-24-26-18-10-19-27-24/h1-9,11-16,24H,10,17-20H2. The van der Waals surface area contributed by atoms with Crippen LogP contribution in [0.15, 0.2) is 91.0 Å². The van der Waals surface area contributed by atoms with Crippen molar-refractivity contribution in [2.75, 3.05) is 19.4 Å². The molecule has 28 heavy (non-hydrogen) atoms. The average molecular weight is 457 g/mol. The Kier molecular flexibility index (Phi) is 5.99. The fraction of sp³-hybridized carbons (Fsp3) is 0.250. The summed E-state index contributed by atoms with van der Waals surface area (Å²) < 4.78 is 11.8. The Bertz CT molecular complexity index is 781. The van der Waals surface area contributed by atoms with Crippen LogP contribution >= 0.6 is 20.8 Å². The topological polar surface area (TPSA) is 18.5 Å². The molecular weight excluding hydrogens is 431 g/mol. The molecule has 4 rings (SSSR count). The van der Waals surface area contributed by atoms with Crippen molar-refractivity contribution >= 4 is 36.7 Å². The second-order valence-electron chi connectivity index (χ2n) is 7.23. The molecule has 0 saturated carbocycles. The molecule has 2 nitrogen and oxygen atoms in total. The van der Waals surface area contributed by atoms with Gasteiger partial charge in [0.25, 0.3) is 0 Å². The molecule has 0 amide bonds. The Labute approximate surface area is 175 Å². The zero-order valence-electron chi connectivity index (χ0n) is 15.9. The number of benzene rings is 3. The van der Waals surface area contributed by atoms with Crippen LogP contribution in [0.4, 0.5) is 0 Å². The molecule has 1 aliphatic rings. The minimum absolute atomic E-state index is 0.135. The fourth-order valence-corrected chi connectivity index (χ4v) is 11.6. The van der Waals surface area contributed by atoms with E-state index in [4.69, 9.17) is 9.47 Å². The molecule has 1 fully saturated rings. The van der Waals surface area contributed by atoms with E-state index in [0.29, 0.717) is 0 Å². The summed E-state index contributed by atoms with van der Waals surface area (Å²) >= 11 is 4.46. The van der Waals surface area contributed by atoms with Gasteiger partial charge in [-0.15, -0.1) is 0 Å². The van der Waals surface area contributed by atoms with Crippen LogP contribution in [0, 0.1) is 0 Å². The van der Waals surface area contributed by atoms with Gasteiger partial charge in [-0.05, 0) is 0 Å². The van der Waals surface area contributed by atoms with Crippen molar-refractivity contribution in [1.29, 1.82) is 0 Å². The first-order valence-corrected chi connectivity index (χ1v) is 14.3. The molecule has 0 N–H and O–H groups in total. The molecule has 0 atom stereocenters. The van der Waals surface area contributed by atoms with E-state index in [0.717, 1.165) is 32.2 Å². The van der Waals surface area contributed by atoms with Crippen LogP contribution in [0.5, 0.6) is 0 Å². The van der Waals surface area contributed by atoms with Gasteiger partial charge >= 0.3 is 176 Å². The number of hydrogen-bond acceptors (Lipinski definition) is 2. The van der Waals surface area contributed by atoms with E-state index in [-0.39, 0.29) is 6.29 Å². The molecule has 0 aromatic heterocycles. The Morgan fingerprint density at radius 2 is 1.07 bits per heavy atom. The van der Waals surface area contributed by atoms with Crippen LogP contribution < -0.4 is 15.9 Å². The van der Waals surface area contributed by atoms with Crippen molar-refractivity contribution in [1.82, 2.24) is 0 Å². The van der Waals surface area contributed by atoms with E-state index >= 15 is 0 Å². The third-order valence-corrected chi connectivity index (χ3v) is 15.5. The van der Waals surface area contributed by atoms with Gasteiger partial charge in [0.1, 0.15) is 0 Å². The Hall–Kier alpha value is -1.51. The van der Waals surface area contributed by atoms with Gasteiger partial charge in [0, 0.05) is 0 Å². The Morgan fingerprint density at radius 1 is 0.679 bits per heavy atom. The summed E-state index contributed by atoms with van der Waals surface area (Å²) in [6.07, 6.45) is 2.63. The maximum absolute atomic E-state index is 5.90. The minimum atomic E-state index is -2.87. The third kappa shape index (κ3) is 3.57. The van der Waals surface area contributed by atoms with E-state index < -0.39 is 5.31 Å². The second-order valence-corrected chi connectivity index (χ2v) is 16.3. The van der Waals surface area contributed by atoms with Gasteiger partial charge in [-0.25, -0.2) is 0 Å². The van der Waals surface area contributed by atoms with Gasteiger partial charge < -0.3 is 0 Å². The van der Waals surface area contributed by atoms with Crippen molar-refractivity contribution < 1.29 is 9.47 Å². The number of rotatable bonds is 6. The van der Waals surface area contributed by atoms with Crippen molar-refractivity contribution in [3.8, 4) is 0 Å². The molecule has 1 heterocycles. The molecule has 0 bridgehead atoms. The third-order valence-electron chi connectivity index (χ3n) is 5.56. The van der Waals surface area contributed by atoms with Gasteiger partial charge in [0.15, 0.2) is 0 Å². The molecule has 0 spiro atoms. The molecule has 4 heteroatoms. The van der Waals surface area contributed by atoms with E-state index in [9.17, 15) is 0 Å². The van der Waals surface area contributed by atoms with Crippen LogP contribution in [0.3, 0.4) is 0 Å². The van der Waals surface area contributed by atoms with Gasteiger partial charge in [-0.1, -0.05) is 0 Å². The Balaban J connectivity index is 1.89. The zero-order chi connectivity index (χ0) is 19.3. The first-order chi connectivity index (χ1) is 13.7. The summed E-state index contributed by atoms with van der Waals surface area (Å²) in [5.74, 6) is 0. The predicted molar refractivity (Wildman–Crippen MR) is 124 cm³/mol. The van der Waals surface area contributed by atoms with Crippen LogP contribution in [-0.4, -0.2) is 25.7 Å². The van der Waals surface area contributed by atoms with E-state index in [2.05, 4.69) is 106 Å². The van der Waals surface area contributed by atoms with Crippen molar-refractivity contribution in [3.05, 3.63) is 91.0 Å². The molecule has 0 radical (unpaired) electrons. The van der Waals surface area contributed by atoms with Gasteiger partial charge in [0.05, 0.1) is 0 Å². The van der Waals surface area contributed by atoms with Crippen LogP contribution in [0.2, 0.25) is 0 Å². The quantitative estimate of drug-likeness (QED) is 0.487. The monoisotopic (exact) mass is 456 g/mol. The first-order valence-electron chi connectivity index (χ1n) is 9.85. The predicted octanol–water partition coefficient (Wildman–Crippen LogP) is 4.98. The van der Waals surface area contributed by atoms with Crippen LogP contribution in [0.1, 0.15) is 12.8 Å². The fourth-order valence-electron chi connectivity index (χ4n) is 4.10. The summed E-state index contributed by atoms with van der Waals surface area (Å²) in [6.45, 7) is 1.57. The summed E-state index contributed by atoms with van der Waals surface area (Å²) in [5.41, 5.74) is 0. The number of halogens is 1. The summed E-state index contributed by atoms with van der Waals surface area (Å²) in [7, 11) is 0. The van der Waals surface area contributed by atoms with Gasteiger partial charge in [0.2, 0.25) is 0 Å². The average Bonchev–Trinajstić information content (AvgIpc) is 2.80. The van der Waals surface area contributed by atoms with Crippen LogP contribution in [-0.2, 0) is 9.47 Å². The van der Waals surface area contributed by atoms with Crippen molar-refractivity contribution in [2.45, 2.75) is 19.1 Å². The number of ether oxygens (including phenoxy) is 2.